The summed E-state index contributed by atoms with van der Waals surface area (Å²) < 4.78 is 13.9. The topological polar surface area (TPSA) is 82.4 Å². The minimum Gasteiger partial charge on any atom is -0.494 e. The van der Waals surface area contributed by atoms with E-state index in [4.69, 9.17) is 26.1 Å². The second-order valence-electron chi connectivity index (χ2n) is 7.17. The van der Waals surface area contributed by atoms with Gasteiger partial charge in [-0.05, 0) is 31.4 Å². The van der Waals surface area contributed by atoms with Crippen molar-refractivity contribution >= 4 is 44.2 Å². The zero-order chi connectivity index (χ0) is 20.0. The monoisotopic (exact) mass is 433 g/mol. The van der Waals surface area contributed by atoms with E-state index in [-0.39, 0.29) is 12.0 Å². The van der Waals surface area contributed by atoms with Crippen molar-refractivity contribution in [1.29, 1.82) is 0 Å². The third-order valence-electron chi connectivity index (χ3n) is 5.35. The molecule has 0 saturated carbocycles. The summed E-state index contributed by atoms with van der Waals surface area (Å²) in [6.07, 6.45) is 3.71. The highest BCUT2D eigenvalue weighted by Crippen LogP contribution is 2.39. The van der Waals surface area contributed by atoms with Gasteiger partial charge in [-0.1, -0.05) is 22.9 Å². The average Bonchev–Trinajstić information content (AvgIpc) is 3.50. The van der Waals surface area contributed by atoms with E-state index in [1.807, 2.05) is 4.57 Å². The van der Waals surface area contributed by atoms with Crippen LogP contribution in [0.1, 0.15) is 35.7 Å². The Bertz CT molecular complexity index is 1080. The SMILES string of the molecule is COc1ccc(Cl)c2sc(N(CC3CCCO3)C(=O)c3nnc4n3CCC4)nc12. The molecule has 5 rings (SSSR count). The lowest BCUT2D eigenvalue weighted by Gasteiger charge is -2.22. The summed E-state index contributed by atoms with van der Waals surface area (Å²) in [7, 11) is 1.59. The number of rotatable bonds is 5. The molecule has 1 amide bonds. The molecular weight excluding hydrogens is 414 g/mol. The maximum atomic E-state index is 13.5. The van der Waals surface area contributed by atoms with Crippen molar-refractivity contribution in [2.45, 2.75) is 38.3 Å². The maximum Gasteiger partial charge on any atom is 0.298 e. The fraction of sp³-hybridized carbons (Fsp3) is 0.474. The fourth-order valence-electron chi connectivity index (χ4n) is 3.89. The number of anilines is 1. The number of amides is 1. The lowest BCUT2D eigenvalue weighted by atomic mass is 10.2. The predicted octanol–water partition coefficient (Wildman–Crippen LogP) is 3.32. The Labute approximate surface area is 176 Å². The van der Waals surface area contributed by atoms with Crippen molar-refractivity contribution in [1.82, 2.24) is 19.7 Å². The second kappa shape index (κ2) is 7.55. The molecule has 2 aliphatic heterocycles. The first-order valence-electron chi connectivity index (χ1n) is 9.64. The Hall–Kier alpha value is -2.23. The van der Waals surface area contributed by atoms with Crippen LogP contribution in [0, 0.1) is 0 Å². The highest BCUT2D eigenvalue weighted by Gasteiger charge is 2.32. The fourth-order valence-corrected chi connectivity index (χ4v) is 5.15. The number of fused-ring (bicyclic) bond motifs is 2. The Morgan fingerprint density at radius 1 is 1.41 bits per heavy atom. The normalized spacial score (nSPS) is 18.3. The Morgan fingerprint density at radius 3 is 3.10 bits per heavy atom. The van der Waals surface area contributed by atoms with E-state index in [2.05, 4.69) is 10.2 Å². The molecule has 1 atom stereocenters. The smallest absolute Gasteiger partial charge is 0.298 e. The van der Waals surface area contributed by atoms with Gasteiger partial charge in [-0.3, -0.25) is 9.69 Å². The maximum absolute atomic E-state index is 13.5. The van der Waals surface area contributed by atoms with Crippen LogP contribution in [0.25, 0.3) is 10.2 Å². The number of thiazole rings is 1. The number of carbonyl (C=O) groups is 1. The van der Waals surface area contributed by atoms with Gasteiger partial charge in [-0.25, -0.2) is 4.98 Å². The van der Waals surface area contributed by atoms with Crippen molar-refractivity contribution in [2.75, 3.05) is 25.2 Å². The summed E-state index contributed by atoms with van der Waals surface area (Å²) in [5.41, 5.74) is 0.650. The number of halogens is 1. The first-order chi connectivity index (χ1) is 14.2. The van der Waals surface area contributed by atoms with Crippen LogP contribution >= 0.6 is 22.9 Å². The van der Waals surface area contributed by atoms with Gasteiger partial charge in [-0.15, -0.1) is 10.2 Å². The number of hydrogen-bond acceptors (Lipinski definition) is 7. The molecule has 0 spiro atoms. The molecule has 152 valence electrons. The number of aryl methyl sites for hydroxylation is 1. The van der Waals surface area contributed by atoms with E-state index in [9.17, 15) is 4.79 Å². The third-order valence-corrected chi connectivity index (χ3v) is 6.89. The first kappa shape index (κ1) is 18.8. The third kappa shape index (κ3) is 3.27. The number of ether oxygens (including phenoxy) is 2. The van der Waals surface area contributed by atoms with Crippen molar-refractivity contribution in [3.63, 3.8) is 0 Å². The van der Waals surface area contributed by atoms with E-state index in [0.717, 1.165) is 42.8 Å². The van der Waals surface area contributed by atoms with E-state index < -0.39 is 0 Å². The summed E-state index contributed by atoms with van der Waals surface area (Å²) in [6, 6.07) is 3.56. The number of aromatic nitrogens is 4. The molecule has 0 N–H and O–H groups in total. The number of hydrogen-bond donors (Lipinski definition) is 0. The second-order valence-corrected chi connectivity index (χ2v) is 8.55. The van der Waals surface area contributed by atoms with Gasteiger partial charge in [0, 0.05) is 19.6 Å². The summed E-state index contributed by atoms with van der Waals surface area (Å²) in [6.45, 7) is 1.89. The molecule has 2 aliphatic rings. The number of nitrogens with zero attached hydrogens (tertiary/aromatic N) is 5. The van der Waals surface area contributed by atoms with Crippen LogP contribution in [-0.4, -0.2) is 52.0 Å². The molecule has 1 saturated heterocycles. The molecule has 1 fully saturated rings. The Kier molecular flexibility index (Phi) is 4.89. The minimum atomic E-state index is -0.213. The van der Waals surface area contributed by atoms with Crippen molar-refractivity contribution < 1.29 is 14.3 Å². The molecule has 0 aliphatic carbocycles. The van der Waals surface area contributed by atoms with Crippen molar-refractivity contribution in [3.8, 4) is 5.75 Å². The highest BCUT2D eigenvalue weighted by molar-refractivity contribution is 7.23. The first-order valence-corrected chi connectivity index (χ1v) is 10.8. The molecule has 0 radical (unpaired) electrons. The van der Waals surface area contributed by atoms with Crippen LogP contribution in [0.5, 0.6) is 5.75 Å². The van der Waals surface area contributed by atoms with Gasteiger partial charge in [-0.2, -0.15) is 0 Å². The summed E-state index contributed by atoms with van der Waals surface area (Å²) in [5, 5.41) is 9.50. The van der Waals surface area contributed by atoms with Gasteiger partial charge in [0.2, 0.25) is 5.82 Å². The number of benzene rings is 1. The molecule has 3 aromatic rings. The van der Waals surface area contributed by atoms with Gasteiger partial charge in [0.05, 0.1) is 29.5 Å². The molecule has 4 heterocycles. The average molecular weight is 434 g/mol. The minimum absolute atomic E-state index is 0.0238. The quantitative estimate of drug-likeness (QED) is 0.613. The molecule has 2 aromatic heterocycles. The summed E-state index contributed by atoms with van der Waals surface area (Å²) >= 11 is 7.76. The van der Waals surface area contributed by atoms with Crippen LogP contribution in [0.15, 0.2) is 12.1 Å². The van der Waals surface area contributed by atoms with Gasteiger partial charge in [0.15, 0.2) is 5.13 Å². The molecule has 1 unspecified atom stereocenters. The molecule has 1 aromatic carbocycles. The molecule has 0 bridgehead atoms. The van der Waals surface area contributed by atoms with Crippen LogP contribution in [0.3, 0.4) is 0 Å². The van der Waals surface area contributed by atoms with Gasteiger partial charge < -0.3 is 14.0 Å². The lowest BCUT2D eigenvalue weighted by molar-refractivity contribution is 0.0905. The zero-order valence-electron chi connectivity index (χ0n) is 15.9. The standard InChI is InChI=1S/C19H20ClN5O3S/c1-27-13-7-6-12(20)16-15(13)21-19(29-16)25(10-11-4-3-9-28-11)18(26)17-23-22-14-5-2-8-24(14)17/h6-7,11H,2-5,8-10H2,1H3. The van der Waals surface area contributed by atoms with Crippen LogP contribution in [-0.2, 0) is 17.7 Å². The van der Waals surface area contributed by atoms with E-state index in [1.165, 1.54) is 11.3 Å². The number of methoxy groups -OCH3 is 1. The highest BCUT2D eigenvalue weighted by atomic mass is 35.5. The predicted molar refractivity (Wildman–Crippen MR) is 110 cm³/mol. The molecular formula is C19H20ClN5O3S. The summed E-state index contributed by atoms with van der Waals surface area (Å²) in [5.74, 6) is 1.63. The van der Waals surface area contributed by atoms with Gasteiger partial charge in [0.25, 0.3) is 5.91 Å². The van der Waals surface area contributed by atoms with Gasteiger partial charge >= 0.3 is 0 Å². The summed E-state index contributed by atoms with van der Waals surface area (Å²) in [4.78, 5) is 19.9. The Morgan fingerprint density at radius 2 is 2.31 bits per heavy atom. The number of carbonyl (C=O) groups excluding carboxylic acids is 1. The van der Waals surface area contributed by atoms with Crippen molar-refractivity contribution in [3.05, 3.63) is 28.8 Å². The van der Waals surface area contributed by atoms with Crippen LogP contribution < -0.4 is 9.64 Å². The van der Waals surface area contributed by atoms with E-state index >= 15 is 0 Å². The van der Waals surface area contributed by atoms with E-state index in [0.29, 0.717) is 40.4 Å². The van der Waals surface area contributed by atoms with E-state index in [1.54, 1.807) is 24.1 Å². The largest absolute Gasteiger partial charge is 0.494 e. The lowest BCUT2D eigenvalue weighted by Crippen LogP contribution is -2.38. The Balaban J connectivity index is 1.57. The molecule has 29 heavy (non-hydrogen) atoms. The zero-order valence-corrected chi connectivity index (χ0v) is 17.5. The molecule has 8 nitrogen and oxygen atoms in total. The molecule has 10 heteroatoms. The van der Waals surface area contributed by atoms with Crippen molar-refractivity contribution in [2.24, 2.45) is 0 Å². The van der Waals surface area contributed by atoms with Crippen LogP contribution in [0.4, 0.5) is 5.13 Å². The van der Waals surface area contributed by atoms with Crippen LogP contribution in [0.2, 0.25) is 5.02 Å². The van der Waals surface area contributed by atoms with Gasteiger partial charge in [0.1, 0.15) is 17.1 Å².